The Hall–Kier alpha value is -4.08. The zero-order valence-electron chi connectivity index (χ0n) is 24.3. The highest BCUT2D eigenvalue weighted by Gasteiger charge is 2.28. The number of fused-ring (bicyclic) bond motifs is 1. The Kier molecular flexibility index (Phi) is 6.97. The molecule has 10 heteroatoms. The molecule has 40 heavy (non-hydrogen) atoms. The van der Waals surface area contributed by atoms with Crippen LogP contribution in [0.25, 0.3) is 33.7 Å². The van der Waals surface area contributed by atoms with Crippen molar-refractivity contribution in [3.63, 3.8) is 0 Å². The van der Waals surface area contributed by atoms with Crippen LogP contribution in [0.3, 0.4) is 0 Å². The van der Waals surface area contributed by atoms with Crippen molar-refractivity contribution < 1.29 is 19.1 Å². The molecule has 0 saturated carbocycles. The first-order valence-corrected chi connectivity index (χ1v) is 13.7. The molecule has 0 aliphatic carbocycles. The molecule has 0 bridgehead atoms. The summed E-state index contributed by atoms with van der Waals surface area (Å²) in [6.45, 7) is 14.9. The molecular formula is C30H38N6O4. The fourth-order valence-corrected chi connectivity index (χ4v) is 4.75. The number of likely N-dealkylation sites (tertiary alicyclic amines) is 1. The number of nitrogens with one attached hydrogen (secondary N) is 1. The third kappa shape index (κ3) is 6.05. The lowest BCUT2D eigenvalue weighted by atomic mass is 10.0. The van der Waals surface area contributed by atoms with Crippen LogP contribution in [0.1, 0.15) is 66.0 Å². The van der Waals surface area contributed by atoms with Crippen molar-refractivity contribution in [2.24, 2.45) is 0 Å². The standard InChI is InChI=1S/C30H38N6O4/c1-18-12-25-23(14-24(18)37)33-27(39-25)22-13-19(15-31-26(22)34-29(2,3)4)20-16-32-36(17-20)21-8-10-35(11-9-21)28(38)40-30(5,6)7/h12-17,21,37H,8-11H2,1-7H3,(H,31,34). The Balaban J connectivity index is 1.40. The molecule has 3 aromatic heterocycles. The molecule has 1 fully saturated rings. The predicted octanol–water partition coefficient (Wildman–Crippen LogP) is 6.55. The number of pyridine rings is 1. The van der Waals surface area contributed by atoms with Crippen molar-refractivity contribution in [1.29, 1.82) is 0 Å². The van der Waals surface area contributed by atoms with E-state index in [9.17, 15) is 9.90 Å². The molecule has 1 aliphatic heterocycles. The summed E-state index contributed by atoms with van der Waals surface area (Å²) >= 11 is 0. The lowest BCUT2D eigenvalue weighted by Crippen LogP contribution is -2.42. The van der Waals surface area contributed by atoms with Gasteiger partial charge >= 0.3 is 6.09 Å². The number of amides is 1. The van der Waals surface area contributed by atoms with Crippen LogP contribution in [-0.4, -0.2) is 60.1 Å². The highest BCUT2D eigenvalue weighted by molar-refractivity contribution is 5.83. The Morgan fingerprint density at radius 2 is 1.80 bits per heavy atom. The van der Waals surface area contributed by atoms with Gasteiger partial charge in [0.15, 0.2) is 5.58 Å². The number of carbonyl (C=O) groups excluding carboxylic acids is 1. The lowest BCUT2D eigenvalue weighted by molar-refractivity contribution is 0.0184. The first-order valence-electron chi connectivity index (χ1n) is 13.7. The topological polar surface area (TPSA) is 119 Å². The minimum atomic E-state index is -0.506. The Bertz CT molecular complexity index is 1500. The molecule has 2 N–H and O–H groups in total. The minimum Gasteiger partial charge on any atom is -0.508 e. The normalized spacial score (nSPS) is 15.0. The summed E-state index contributed by atoms with van der Waals surface area (Å²) in [4.78, 5) is 23.6. The average molecular weight is 547 g/mol. The molecule has 0 unspecified atom stereocenters. The number of hydrogen-bond acceptors (Lipinski definition) is 8. The second-order valence-electron chi connectivity index (χ2n) is 12.5. The maximum absolute atomic E-state index is 12.4. The van der Waals surface area contributed by atoms with E-state index in [0.717, 1.165) is 35.1 Å². The van der Waals surface area contributed by atoms with Gasteiger partial charge in [0.25, 0.3) is 0 Å². The number of aromatic nitrogens is 4. The molecule has 5 rings (SSSR count). The largest absolute Gasteiger partial charge is 0.508 e. The van der Waals surface area contributed by atoms with Gasteiger partial charge in [-0.15, -0.1) is 0 Å². The summed E-state index contributed by atoms with van der Waals surface area (Å²) in [6, 6.07) is 5.59. The zero-order valence-corrected chi connectivity index (χ0v) is 24.3. The number of phenolic OH excluding ortho intramolecular Hbond substituents is 1. The minimum absolute atomic E-state index is 0.177. The van der Waals surface area contributed by atoms with Crippen molar-refractivity contribution in [2.45, 2.75) is 78.5 Å². The van der Waals surface area contributed by atoms with Crippen molar-refractivity contribution >= 4 is 23.0 Å². The molecule has 0 spiro atoms. The molecule has 0 atom stereocenters. The second-order valence-corrected chi connectivity index (χ2v) is 12.5. The van der Waals surface area contributed by atoms with Crippen molar-refractivity contribution in [3.8, 4) is 28.3 Å². The van der Waals surface area contributed by atoms with Crippen LogP contribution >= 0.6 is 0 Å². The van der Waals surface area contributed by atoms with Crippen LogP contribution in [0.15, 0.2) is 41.2 Å². The van der Waals surface area contributed by atoms with E-state index >= 15 is 0 Å². The number of hydrogen-bond donors (Lipinski definition) is 2. The molecule has 212 valence electrons. The van der Waals surface area contributed by atoms with E-state index in [1.807, 2.05) is 57.0 Å². The molecule has 1 aromatic carbocycles. The summed E-state index contributed by atoms with van der Waals surface area (Å²) in [5.74, 6) is 1.25. The fourth-order valence-electron chi connectivity index (χ4n) is 4.75. The third-order valence-electron chi connectivity index (χ3n) is 6.74. The van der Waals surface area contributed by atoms with E-state index in [1.165, 1.54) is 0 Å². The summed E-state index contributed by atoms with van der Waals surface area (Å²) < 4.78 is 13.6. The highest BCUT2D eigenvalue weighted by Crippen LogP contribution is 2.35. The molecule has 4 heterocycles. The smallest absolute Gasteiger partial charge is 0.410 e. The van der Waals surface area contributed by atoms with E-state index in [2.05, 4.69) is 36.2 Å². The molecule has 0 radical (unpaired) electrons. The Labute approximate surface area is 234 Å². The molecule has 4 aromatic rings. The quantitative estimate of drug-likeness (QED) is 0.296. The molecular weight excluding hydrogens is 508 g/mol. The predicted molar refractivity (Wildman–Crippen MR) is 154 cm³/mol. The third-order valence-corrected chi connectivity index (χ3v) is 6.74. The van der Waals surface area contributed by atoms with Crippen LogP contribution in [-0.2, 0) is 4.74 Å². The number of phenols is 1. The van der Waals surface area contributed by atoms with Gasteiger partial charge in [0, 0.05) is 48.2 Å². The maximum Gasteiger partial charge on any atom is 0.410 e. The van der Waals surface area contributed by atoms with Crippen LogP contribution in [0.4, 0.5) is 10.6 Å². The van der Waals surface area contributed by atoms with E-state index in [4.69, 9.17) is 14.1 Å². The van der Waals surface area contributed by atoms with Gasteiger partial charge in [-0.2, -0.15) is 5.10 Å². The number of nitrogens with zero attached hydrogens (tertiary/aromatic N) is 5. The van der Waals surface area contributed by atoms with Crippen LogP contribution in [0.5, 0.6) is 5.75 Å². The van der Waals surface area contributed by atoms with Crippen molar-refractivity contribution in [3.05, 3.63) is 42.4 Å². The summed E-state index contributed by atoms with van der Waals surface area (Å²) in [5.41, 5.74) is 3.69. The van der Waals surface area contributed by atoms with Gasteiger partial charge in [0.1, 0.15) is 22.7 Å². The number of aryl methyl sites for hydroxylation is 1. The molecule has 10 nitrogen and oxygen atoms in total. The van der Waals surface area contributed by atoms with Gasteiger partial charge in [0.2, 0.25) is 5.89 Å². The highest BCUT2D eigenvalue weighted by atomic mass is 16.6. The monoisotopic (exact) mass is 546 g/mol. The number of benzene rings is 1. The van der Waals surface area contributed by atoms with Gasteiger partial charge in [-0.3, -0.25) is 4.68 Å². The van der Waals surface area contributed by atoms with Crippen LogP contribution in [0.2, 0.25) is 0 Å². The van der Waals surface area contributed by atoms with E-state index < -0.39 is 5.60 Å². The summed E-state index contributed by atoms with van der Waals surface area (Å²) in [6.07, 6.45) is 7.02. The summed E-state index contributed by atoms with van der Waals surface area (Å²) in [5, 5.41) is 18.3. The van der Waals surface area contributed by atoms with E-state index in [-0.39, 0.29) is 23.4 Å². The number of piperidine rings is 1. The molecule has 1 amide bonds. The number of carbonyl (C=O) groups is 1. The average Bonchev–Trinajstić information content (AvgIpc) is 3.50. The molecule has 1 aliphatic rings. The Morgan fingerprint density at radius 3 is 2.48 bits per heavy atom. The van der Waals surface area contributed by atoms with Crippen molar-refractivity contribution in [1.82, 2.24) is 24.6 Å². The lowest BCUT2D eigenvalue weighted by Gasteiger charge is -2.33. The number of oxazole rings is 1. The van der Waals surface area contributed by atoms with E-state index in [0.29, 0.717) is 35.9 Å². The number of aromatic hydroxyl groups is 1. The first-order chi connectivity index (χ1) is 18.8. The zero-order chi connectivity index (χ0) is 28.8. The molecule has 1 saturated heterocycles. The van der Waals surface area contributed by atoms with Gasteiger partial charge in [0.05, 0.1) is 17.8 Å². The Morgan fingerprint density at radius 1 is 1.07 bits per heavy atom. The second kappa shape index (κ2) is 10.1. The number of rotatable bonds is 4. The van der Waals surface area contributed by atoms with Gasteiger partial charge < -0.3 is 24.5 Å². The van der Waals surface area contributed by atoms with Gasteiger partial charge in [-0.05, 0) is 79.0 Å². The summed E-state index contributed by atoms with van der Waals surface area (Å²) in [7, 11) is 0. The van der Waals surface area contributed by atoms with Crippen LogP contribution < -0.4 is 5.32 Å². The first kappa shape index (κ1) is 27.5. The fraction of sp³-hybridized carbons (Fsp3) is 0.467. The van der Waals surface area contributed by atoms with Crippen molar-refractivity contribution in [2.75, 3.05) is 18.4 Å². The van der Waals surface area contributed by atoms with Gasteiger partial charge in [-0.25, -0.2) is 14.8 Å². The SMILES string of the molecule is Cc1cc2oc(-c3cc(-c4cnn(C5CCN(C(=O)OC(C)(C)C)CC5)c4)cnc3NC(C)(C)C)nc2cc1O. The van der Waals surface area contributed by atoms with Gasteiger partial charge in [-0.1, -0.05) is 0 Å². The van der Waals surface area contributed by atoms with Crippen LogP contribution in [0, 0.1) is 6.92 Å². The number of anilines is 1. The van der Waals surface area contributed by atoms with E-state index in [1.54, 1.807) is 17.0 Å². The maximum atomic E-state index is 12.4. The number of ether oxygens (including phenoxy) is 1.